The lowest BCUT2D eigenvalue weighted by Crippen LogP contribution is -2.54. The fraction of sp³-hybridized carbons (Fsp3) is 0.469. The molecule has 41 heavy (non-hydrogen) atoms. The number of carbonyl (C=O) groups is 1. The van der Waals surface area contributed by atoms with Crippen molar-refractivity contribution >= 4 is 22.5 Å². The Bertz CT molecular complexity index is 1460. The van der Waals surface area contributed by atoms with Crippen LogP contribution in [0.4, 0.5) is 10.2 Å². The fourth-order valence-electron chi connectivity index (χ4n) is 6.78. The first-order chi connectivity index (χ1) is 19.8. The van der Waals surface area contributed by atoms with Crippen LogP contribution >= 0.6 is 0 Å². The van der Waals surface area contributed by atoms with Crippen LogP contribution in [0.1, 0.15) is 42.5 Å². The number of carbonyl (C=O) groups excluding carboxylic acids is 1. The Labute approximate surface area is 240 Å². The fourth-order valence-corrected chi connectivity index (χ4v) is 6.78. The number of fused-ring (bicyclic) bond motifs is 2. The maximum Gasteiger partial charge on any atom is 0.318 e. The minimum absolute atomic E-state index is 0.0214. The van der Waals surface area contributed by atoms with E-state index < -0.39 is 6.17 Å². The van der Waals surface area contributed by atoms with Crippen LogP contribution in [-0.2, 0) is 17.6 Å². The molecule has 3 heterocycles. The molecule has 9 heteroatoms. The molecule has 1 N–H and O–H groups in total. The van der Waals surface area contributed by atoms with Crippen LogP contribution in [0.25, 0.3) is 10.8 Å². The highest BCUT2D eigenvalue weighted by molar-refractivity contribution is 5.88. The van der Waals surface area contributed by atoms with Crippen molar-refractivity contribution in [3.8, 4) is 11.8 Å². The number of aromatic hydroxyl groups is 1. The third-order valence-corrected chi connectivity index (χ3v) is 8.98. The van der Waals surface area contributed by atoms with Crippen LogP contribution in [0.3, 0.4) is 0 Å². The van der Waals surface area contributed by atoms with Crippen LogP contribution < -0.4 is 9.64 Å². The first-order valence-electron chi connectivity index (χ1n) is 14.6. The molecule has 3 aliphatic rings. The molecule has 2 saturated heterocycles. The summed E-state index contributed by atoms with van der Waals surface area (Å²) in [6.45, 7) is 8.32. The van der Waals surface area contributed by atoms with Crippen molar-refractivity contribution in [3.63, 3.8) is 0 Å². The summed E-state index contributed by atoms with van der Waals surface area (Å²) in [5, 5.41) is 12.7. The van der Waals surface area contributed by atoms with E-state index in [0.717, 1.165) is 46.3 Å². The number of likely N-dealkylation sites (tertiary alicyclic amines) is 1. The number of halogens is 1. The van der Waals surface area contributed by atoms with E-state index in [2.05, 4.69) is 24.5 Å². The van der Waals surface area contributed by atoms with Gasteiger partial charge in [-0.25, -0.2) is 4.39 Å². The molecular weight excluding hydrogens is 521 g/mol. The van der Waals surface area contributed by atoms with E-state index in [-0.39, 0.29) is 29.7 Å². The van der Waals surface area contributed by atoms with Gasteiger partial charge >= 0.3 is 6.01 Å². The second-order valence-electron chi connectivity index (χ2n) is 11.7. The first-order valence-corrected chi connectivity index (χ1v) is 14.6. The average Bonchev–Trinajstić information content (AvgIpc) is 3.30. The van der Waals surface area contributed by atoms with Gasteiger partial charge in [-0.05, 0) is 80.1 Å². The SMILES string of the molecule is C=CC(=O)N1CCN(c2nc(OC[C@@H]3C[C@@H](F)CN3C)nc3c2CC[C@@H](c2cc(O)cc4ccccc24)C3)[C@@H](C)C1. The summed E-state index contributed by atoms with van der Waals surface area (Å²) >= 11 is 0. The normalized spacial score (nSPS) is 24.9. The van der Waals surface area contributed by atoms with Crippen LogP contribution in [0.5, 0.6) is 11.8 Å². The van der Waals surface area contributed by atoms with Crippen molar-refractivity contribution in [2.75, 3.05) is 44.7 Å². The Morgan fingerprint density at radius 1 is 1.22 bits per heavy atom. The van der Waals surface area contributed by atoms with Crippen LogP contribution in [-0.4, -0.2) is 88.9 Å². The lowest BCUT2D eigenvalue weighted by Gasteiger charge is -2.41. The third-order valence-electron chi connectivity index (χ3n) is 8.98. The van der Waals surface area contributed by atoms with Gasteiger partial charge in [0, 0.05) is 43.8 Å². The average molecular weight is 560 g/mol. The smallest absolute Gasteiger partial charge is 0.318 e. The molecule has 6 rings (SSSR count). The lowest BCUT2D eigenvalue weighted by atomic mass is 9.80. The summed E-state index contributed by atoms with van der Waals surface area (Å²) in [7, 11) is 1.92. The molecule has 4 atom stereocenters. The molecule has 0 bridgehead atoms. The van der Waals surface area contributed by atoms with Gasteiger partial charge in [-0.3, -0.25) is 9.69 Å². The van der Waals surface area contributed by atoms with Gasteiger partial charge in [-0.1, -0.05) is 30.8 Å². The molecule has 1 aliphatic carbocycles. The number of alkyl halides is 1. The number of phenols is 1. The van der Waals surface area contributed by atoms with Gasteiger partial charge in [0.1, 0.15) is 24.3 Å². The molecule has 0 radical (unpaired) electrons. The number of likely N-dealkylation sites (N-methyl/N-ethyl adjacent to an activating group) is 1. The molecule has 3 aromatic rings. The Morgan fingerprint density at radius 2 is 2.05 bits per heavy atom. The first kappa shape index (κ1) is 27.4. The van der Waals surface area contributed by atoms with Gasteiger partial charge in [0.15, 0.2) is 0 Å². The van der Waals surface area contributed by atoms with Gasteiger partial charge in [0.25, 0.3) is 0 Å². The van der Waals surface area contributed by atoms with Crippen molar-refractivity contribution in [3.05, 3.63) is 65.9 Å². The number of aromatic nitrogens is 2. The summed E-state index contributed by atoms with van der Waals surface area (Å²) < 4.78 is 20.2. The molecule has 0 unspecified atom stereocenters. The molecule has 1 amide bonds. The highest BCUT2D eigenvalue weighted by Gasteiger charge is 2.34. The Balaban J connectivity index is 1.33. The van der Waals surface area contributed by atoms with Crippen molar-refractivity contribution < 1.29 is 19.0 Å². The summed E-state index contributed by atoms with van der Waals surface area (Å²) in [5.74, 6) is 1.26. The summed E-state index contributed by atoms with van der Waals surface area (Å²) in [4.78, 5) is 28.2. The molecule has 216 valence electrons. The minimum Gasteiger partial charge on any atom is -0.508 e. The maximum absolute atomic E-state index is 14.0. The summed E-state index contributed by atoms with van der Waals surface area (Å²) in [6.07, 6.45) is 3.37. The topological polar surface area (TPSA) is 82.0 Å². The van der Waals surface area contributed by atoms with E-state index in [9.17, 15) is 14.3 Å². The number of ether oxygens (including phenoxy) is 1. The molecule has 8 nitrogen and oxygen atoms in total. The van der Waals surface area contributed by atoms with Gasteiger partial charge in [-0.15, -0.1) is 0 Å². The van der Waals surface area contributed by atoms with Gasteiger partial charge in [-0.2, -0.15) is 9.97 Å². The second-order valence-corrected chi connectivity index (χ2v) is 11.7. The number of benzene rings is 2. The standard InChI is InChI=1S/C32H38FN5O3/c1-4-30(40)37-11-12-38(20(2)17-37)31-27-10-9-22(28-16-25(39)13-21-7-5-6-8-26(21)28)14-29(27)34-32(35-31)41-19-24-15-23(33)18-36(24)3/h4-8,13,16,20,22-24,39H,1,9-12,14-15,17-19H2,2-3H3/t20-,22+,23+,24-/m0/s1. The van der Waals surface area contributed by atoms with Crippen molar-refractivity contribution in [1.82, 2.24) is 19.8 Å². The zero-order valence-corrected chi connectivity index (χ0v) is 23.8. The molecule has 1 aromatic heterocycles. The van der Waals surface area contributed by atoms with Crippen molar-refractivity contribution in [1.29, 1.82) is 0 Å². The van der Waals surface area contributed by atoms with Gasteiger partial charge in [0.2, 0.25) is 5.91 Å². The van der Waals surface area contributed by atoms with E-state index in [4.69, 9.17) is 14.7 Å². The van der Waals surface area contributed by atoms with Crippen LogP contribution in [0, 0.1) is 0 Å². The Kier molecular flexibility index (Phi) is 7.55. The maximum atomic E-state index is 14.0. The largest absolute Gasteiger partial charge is 0.508 e. The summed E-state index contributed by atoms with van der Waals surface area (Å²) in [5.41, 5.74) is 3.20. The van der Waals surface area contributed by atoms with Crippen molar-refractivity contribution in [2.45, 2.75) is 56.8 Å². The Morgan fingerprint density at radius 3 is 2.80 bits per heavy atom. The van der Waals surface area contributed by atoms with E-state index in [1.54, 1.807) is 0 Å². The molecule has 2 fully saturated rings. The number of amides is 1. The van der Waals surface area contributed by atoms with E-state index in [0.29, 0.717) is 51.6 Å². The lowest BCUT2D eigenvalue weighted by molar-refractivity contribution is -0.126. The number of hydrogen-bond acceptors (Lipinski definition) is 7. The number of piperazine rings is 1. The highest BCUT2D eigenvalue weighted by Crippen LogP contribution is 2.40. The van der Waals surface area contributed by atoms with Crippen LogP contribution in [0.15, 0.2) is 49.1 Å². The van der Waals surface area contributed by atoms with Crippen molar-refractivity contribution in [2.24, 2.45) is 0 Å². The number of rotatable bonds is 6. The van der Waals surface area contributed by atoms with Gasteiger partial charge < -0.3 is 19.6 Å². The number of hydrogen-bond donors (Lipinski definition) is 1. The number of anilines is 1. The molecule has 2 aliphatic heterocycles. The van der Waals surface area contributed by atoms with E-state index >= 15 is 0 Å². The second kappa shape index (κ2) is 11.3. The summed E-state index contributed by atoms with van der Waals surface area (Å²) in [6, 6.07) is 12.2. The third kappa shape index (κ3) is 5.47. The highest BCUT2D eigenvalue weighted by atomic mass is 19.1. The zero-order valence-electron chi connectivity index (χ0n) is 23.8. The quantitative estimate of drug-likeness (QED) is 0.452. The van der Waals surface area contributed by atoms with E-state index in [1.165, 1.54) is 6.08 Å². The van der Waals surface area contributed by atoms with E-state index in [1.807, 2.05) is 47.2 Å². The number of phenolic OH excluding ortho intramolecular Hbond substituents is 1. The molecule has 0 saturated carbocycles. The molecule has 0 spiro atoms. The zero-order chi connectivity index (χ0) is 28.7. The number of nitrogens with zero attached hydrogens (tertiary/aromatic N) is 5. The molecular formula is C32H38FN5O3. The monoisotopic (exact) mass is 559 g/mol. The molecule has 2 aromatic carbocycles. The predicted molar refractivity (Wildman–Crippen MR) is 157 cm³/mol. The Hall–Kier alpha value is -3.72. The van der Waals surface area contributed by atoms with Gasteiger partial charge in [0.05, 0.1) is 5.69 Å². The van der Waals surface area contributed by atoms with Crippen LogP contribution in [0.2, 0.25) is 0 Å². The predicted octanol–water partition coefficient (Wildman–Crippen LogP) is 4.25. The minimum atomic E-state index is -0.845.